The summed E-state index contributed by atoms with van der Waals surface area (Å²) in [4.78, 5) is 18.7. The second kappa shape index (κ2) is 10.3. The van der Waals surface area contributed by atoms with Crippen LogP contribution in [0, 0.1) is 10.1 Å². The number of nitro groups is 1. The molecule has 0 saturated heterocycles. The number of sulfonamides is 1. The van der Waals surface area contributed by atoms with Gasteiger partial charge in [-0.15, -0.1) is 0 Å². The largest absolute Gasteiger partial charge is 0.350 e. The van der Waals surface area contributed by atoms with Gasteiger partial charge in [-0.05, 0) is 49.7 Å². The van der Waals surface area contributed by atoms with Gasteiger partial charge in [-0.3, -0.25) is 14.8 Å². The van der Waals surface area contributed by atoms with Gasteiger partial charge in [0.2, 0.25) is 5.95 Å². The summed E-state index contributed by atoms with van der Waals surface area (Å²) in [5.74, 6) is 0.328. The Morgan fingerprint density at radius 2 is 1.81 bits per heavy atom. The Hall–Kier alpha value is -4.09. The van der Waals surface area contributed by atoms with Gasteiger partial charge in [0.05, 0.1) is 15.4 Å². The molecule has 10 nitrogen and oxygen atoms in total. The minimum Gasteiger partial charge on any atom is -0.350 e. The summed E-state index contributed by atoms with van der Waals surface area (Å²) in [5.41, 5.74) is 1.69. The molecule has 1 aliphatic carbocycles. The van der Waals surface area contributed by atoms with Gasteiger partial charge in [0.1, 0.15) is 5.82 Å². The summed E-state index contributed by atoms with van der Waals surface area (Å²) < 4.78 is 27.8. The second-order valence-electron chi connectivity index (χ2n) is 8.34. The van der Waals surface area contributed by atoms with E-state index in [4.69, 9.17) is 0 Å². The van der Waals surface area contributed by atoms with Gasteiger partial charge < -0.3 is 10.6 Å². The van der Waals surface area contributed by atoms with E-state index in [0.29, 0.717) is 0 Å². The van der Waals surface area contributed by atoms with Crippen molar-refractivity contribution in [1.29, 1.82) is 0 Å². The number of hydrogen-bond donors (Lipinski definition) is 3. The van der Waals surface area contributed by atoms with Crippen LogP contribution in [0.5, 0.6) is 0 Å². The number of nitro benzene ring substituents is 1. The van der Waals surface area contributed by atoms with Crippen LogP contribution >= 0.6 is 0 Å². The first-order chi connectivity index (χ1) is 17.2. The summed E-state index contributed by atoms with van der Waals surface area (Å²) in [7, 11) is -2.10. The standard InChI is InChI=1S/C25H26N6O4S/c1-18(25(26-2)15-12-20(13-16-25)19-6-4-3-5-7-19)28-24-27-17-14-23(29-24)30-36(34,35)22-10-8-21(9-11-22)31(32)33/h3-15,17-18,26H,16H2,1-2H3,(H2,27,28,29,30). The molecule has 3 aromatic rings. The van der Waals surface area contributed by atoms with Crippen molar-refractivity contribution in [3.8, 4) is 0 Å². The third kappa shape index (κ3) is 5.42. The van der Waals surface area contributed by atoms with Gasteiger partial charge in [0.15, 0.2) is 0 Å². The first kappa shape index (κ1) is 25.0. The minimum absolute atomic E-state index is 0.0713. The van der Waals surface area contributed by atoms with E-state index < -0.39 is 20.5 Å². The van der Waals surface area contributed by atoms with Gasteiger partial charge >= 0.3 is 0 Å². The highest BCUT2D eigenvalue weighted by Gasteiger charge is 2.33. The Kier molecular flexibility index (Phi) is 7.13. The maximum absolute atomic E-state index is 12.7. The molecule has 0 amide bonds. The number of nitrogens with one attached hydrogen (secondary N) is 3. The van der Waals surface area contributed by atoms with Crippen molar-refractivity contribution < 1.29 is 13.3 Å². The smallest absolute Gasteiger partial charge is 0.269 e. The Bertz CT molecular complexity index is 1410. The van der Waals surface area contributed by atoms with Crippen LogP contribution in [-0.4, -0.2) is 41.9 Å². The molecule has 186 valence electrons. The second-order valence-corrected chi connectivity index (χ2v) is 10.0. The summed E-state index contributed by atoms with van der Waals surface area (Å²) in [6, 6.07) is 16.0. The van der Waals surface area contributed by atoms with Crippen molar-refractivity contribution in [3.63, 3.8) is 0 Å². The molecule has 3 N–H and O–H groups in total. The zero-order chi connectivity index (χ0) is 25.8. The molecule has 1 aromatic heterocycles. The van der Waals surface area contributed by atoms with Crippen LogP contribution in [0.4, 0.5) is 17.5 Å². The Morgan fingerprint density at radius 3 is 2.42 bits per heavy atom. The van der Waals surface area contributed by atoms with Gasteiger partial charge in [-0.25, -0.2) is 13.4 Å². The number of allylic oxidation sites excluding steroid dienone is 2. The van der Waals surface area contributed by atoms with Crippen LogP contribution in [-0.2, 0) is 10.0 Å². The van der Waals surface area contributed by atoms with Crippen molar-refractivity contribution in [2.45, 2.75) is 29.8 Å². The molecule has 36 heavy (non-hydrogen) atoms. The normalized spacial score (nSPS) is 18.2. The molecule has 0 aliphatic heterocycles. The molecule has 2 atom stereocenters. The van der Waals surface area contributed by atoms with Crippen molar-refractivity contribution in [3.05, 3.63) is 101 Å². The lowest BCUT2D eigenvalue weighted by Gasteiger charge is -2.38. The number of benzene rings is 2. The van der Waals surface area contributed by atoms with Crippen LogP contribution < -0.4 is 15.4 Å². The molecule has 1 heterocycles. The maximum Gasteiger partial charge on any atom is 0.269 e. The molecule has 2 aromatic carbocycles. The maximum atomic E-state index is 12.7. The Morgan fingerprint density at radius 1 is 1.08 bits per heavy atom. The van der Waals surface area contributed by atoms with E-state index in [1.807, 2.05) is 32.2 Å². The predicted octanol–water partition coefficient (Wildman–Crippen LogP) is 3.99. The predicted molar refractivity (Wildman–Crippen MR) is 139 cm³/mol. The number of likely N-dealkylation sites (N-methyl/N-ethyl adjacent to an activating group) is 1. The summed E-state index contributed by atoms with van der Waals surface area (Å²) >= 11 is 0. The zero-order valence-electron chi connectivity index (χ0n) is 19.8. The fourth-order valence-corrected chi connectivity index (χ4v) is 4.97. The lowest BCUT2D eigenvalue weighted by molar-refractivity contribution is -0.384. The highest BCUT2D eigenvalue weighted by atomic mass is 32.2. The molecule has 0 radical (unpaired) electrons. The number of aromatic nitrogens is 2. The minimum atomic E-state index is -3.99. The van der Waals surface area contributed by atoms with E-state index in [1.54, 1.807) is 0 Å². The number of anilines is 2. The Balaban J connectivity index is 1.47. The average Bonchev–Trinajstić information content (AvgIpc) is 2.89. The highest BCUT2D eigenvalue weighted by molar-refractivity contribution is 7.92. The molecule has 0 bridgehead atoms. The molecule has 4 rings (SSSR count). The van der Waals surface area contributed by atoms with E-state index >= 15 is 0 Å². The number of rotatable bonds is 9. The molecular formula is C25H26N6O4S. The van der Waals surface area contributed by atoms with Crippen LogP contribution in [0.25, 0.3) is 5.57 Å². The van der Waals surface area contributed by atoms with E-state index in [0.717, 1.165) is 29.7 Å². The van der Waals surface area contributed by atoms with Crippen molar-refractivity contribution in [1.82, 2.24) is 15.3 Å². The van der Waals surface area contributed by atoms with Crippen LogP contribution in [0.15, 0.2) is 90.0 Å². The van der Waals surface area contributed by atoms with E-state index in [2.05, 4.69) is 55.7 Å². The molecule has 11 heteroatoms. The topological polar surface area (TPSA) is 139 Å². The van der Waals surface area contributed by atoms with E-state index in [1.165, 1.54) is 24.4 Å². The van der Waals surface area contributed by atoms with Gasteiger partial charge in [0.25, 0.3) is 15.7 Å². The number of nitrogens with zero attached hydrogens (tertiary/aromatic N) is 3. The summed E-state index contributed by atoms with van der Waals surface area (Å²) in [6.07, 6.45) is 8.56. The molecule has 0 saturated carbocycles. The van der Waals surface area contributed by atoms with Gasteiger partial charge in [-0.2, -0.15) is 4.98 Å². The quantitative estimate of drug-likeness (QED) is 0.292. The first-order valence-corrected chi connectivity index (χ1v) is 12.7. The lowest BCUT2D eigenvalue weighted by Crippen LogP contribution is -2.53. The molecule has 2 unspecified atom stereocenters. The van der Waals surface area contributed by atoms with E-state index in [9.17, 15) is 18.5 Å². The summed E-state index contributed by atoms with van der Waals surface area (Å²) in [6.45, 7) is 2.00. The fraction of sp³-hybridized carbons (Fsp3) is 0.200. The molecule has 1 aliphatic rings. The first-order valence-electron chi connectivity index (χ1n) is 11.2. The van der Waals surface area contributed by atoms with E-state index in [-0.39, 0.29) is 28.4 Å². The summed E-state index contributed by atoms with van der Waals surface area (Å²) in [5, 5.41) is 17.5. The fourth-order valence-electron chi connectivity index (χ4n) is 3.97. The van der Waals surface area contributed by atoms with Crippen LogP contribution in [0.2, 0.25) is 0 Å². The highest BCUT2D eigenvalue weighted by Crippen LogP contribution is 2.30. The Labute approximate surface area is 209 Å². The van der Waals surface area contributed by atoms with Gasteiger partial charge in [0, 0.05) is 24.4 Å². The monoisotopic (exact) mass is 506 g/mol. The van der Waals surface area contributed by atoms with Crippen molar-refractivity contribution in [2.75, 3.05) is 17.1 Å². The number of non-ortho nitro benzene ring substituents is 1. The third-order valence-electron chi connectivity index (χ3n) is 6.16. The third-order valence-corrected chi connectivity index (χ3v) is 7.53. The SMILES string of the molecule is CNC1(C(C)Nc2nccc(NS(=O)(=O)c3ccc([N+](=O)[O-])cc3)n2)C=CC(c2ccccc2)=CC1. The lowest BCUT2D eigenvalue weighted by atomic mass is 9.81. The zero-order valence-corrected chi connectivity index (χ0v) is 20.6. The average molecular weight is 507 g/mol. The van der Waals surface area contributed by atoms with Crippen LogP contribution in [0.3, 0.4) is 0 Å². The molecule has 0 spiro atoms. The van der Waals surface area contributed by atoms with Crippen LogP contribution in [0.1, 0.15) is 18.9 Å². The van der Waals surface area contributed by atoms with Crippen molar-refractivity contribution in [2.24, 2.45) is 0 Å². The molecule has 0 fully saturated rings. The van der Waals surface area contributed by atoms with Crippen molar-refractivity contribution >= 4 is 33.0 Å². The molecular weight excluding hydrogens is 480 g/mol. The van der Waals surface area contributed by atoms with Gasteiger partial charge in [-0.1, -0.05) is 48.6 Å². The number of hydrogen-bond acceptors (Lipinski definition) is 8.